The highest BCUT2D eigenvalue weighted by Gasteiger charge is 2.00. The number of allylic oxidation sites excluding steroid dienone is 1. The molecule has 0 unspecified atom stereocenters. The molecule has 11 heavy (non-hydrogen) atoms. The van der Waals surface area contributed by atoms with E-state index in [1.807, 2.05) is 6.08 Å². The van der Waals surface area contributed by atoms with Crippen LogP contribution in [-0.2, 0) is 4.79 Å². The first-order valence-corrected chi connectivity index (χ1v) is 3.69. The van der Waals surface area contributed by atoms with Crippen molar-refractivity contribution >= 4 is 5.91 Å². The Kier molecular flexibility index (Phi) is 4.54. The first kappa shape index (κ1) is 10.2. The fraction of sp³-hybridized carbons (Fsp3) is 0.625. The average Bonchev–Trinajstić information content (AvgIpc) is 1.98. The Balaban J connectivity index is 3.90. The van der Waals surface area contributed by atoms with Gasteiger partial charge in [-0.15, -0.1) is 0 Å². The van der Waals surface area contributed by atoms with Crippen molar-refractivity contribution in [2.24, 2.45) is 5.92 Å². The fourth-order valence-corrected chi connectivity index (χ4v) is 0.593. The third-order valence-corrected chi connectivity index (χ3v) is 1.36. The van der Waals surface area contributed by atoms with Crippen LogP contribution >= 0.6 is 0 Å². The van der Waals surface area contributed by atoms with Crippen molar-refractivity contribution in [1.82, 2.24) is 5.48 Å². The maximum atomic E-state index is 10.7. The number of amides is 1. The molecule has 0 aliphatic carbocycles. The van der Waals surface area contributed by atoms with Gasteiger partial charge >= 0.3 is 0 Å². The van der Waals surface area contributed by atoms with Crippen molar-refractivity contribution < 1.29 is 10.0 Å². The van der Waals surface area contributed by atoms with Crippen molar-refractivity contribution in [3.63, 3.8) is 0 Å². The van der Waals surface area contributed by atoms with Crippen LogP contribution in [0.3, 0.4) is 0 Å². The van der Waals surface area contributed by atoms with Crippen LogP contribution in [0.2, 0.25) is 0 Å². The largest absolute Gasteiger partial charge is 0.288 e. The third-order valence-electron chi connectivity index (χ3n) is 1.36. The number of nitrogens with one attached hydrogen (secondary N) is 1. The summed E-state index contributed by atoms with van der Waals surface area (Å²) >= 11 is 0. The van der Waals surface area contributed by atoms with Gasteiger partial charge in [-0.1, -0.05) is 19.9 Å². The highest BCUT2D eigenvalue weighted by Crippen LogP contribution is 2.03. The molecule has 0 saturated heterocycles. The zero-order chi connectivity index (χ0) is 8.85. The summed E-state index contributed by atoms with van der Waals surface area (Å²) in [7, 11) is 0. The Labute approximate surface area is 67.1 Å². The molecule has 0 bridgehead atoms. The van der Waals surface area contributed by atoms with E-state index in [0.717, 1.165) is 6.42 Å². The Morgan fingerprint density at radius 1 is 1.64 bits per heavy atom. The molecular formula is C8H15NO2. The minimum absolute atomic E-state index is 0.425. The second kappa shape index (κ2) is 4.91. The van der Waals surface area contributed by atoms with Crippen molar-refractivity contribution in [3.8, 4) is 0 Å². The van der Waals surface area contributed by atoms with Gasteiger partial charge in [-0.3, -0.25) is 10.0 Å². The standard InChI is InChI=1S/C8H15NO2/c1-6(2)4-5-7(3)8(10)9-11/h5-6,11H,4H2,1-3H3,(H,9,10). The monoisotopic (exact) mass is 157 g/mol. The first-order chi connectivity index (χ1) is 5.07. The molecule has 2 N–H and O–H groups in total. The van der Waals surface area contributed by atoms with Gasteiger partial charge in [-0.2, -0.15) is 0 Å². The molecular weight excluding hydrogens is 142 g/mol. The number of hydroxylamine groups is 1. The van der Waals surface area contributed by atoms with E-state index in [-0.39, 0.29) is 0 Å². The lowest BCUT2D eigenvalue weighted by molar-refractivity contribution is -0.125. The highest BCUT2D eigenvalue weighted by molar-refractivity contribution is 5.91. The van der Waals surface area contributed by atoms with Crippen LogP contribution in [0.1, 0.15) is 27.2 Å². The van der Waals surface area contributed by atoms with Gasteiger partial charge < -0.3 is 0 Å². The van der Waals surface area contributed by atoms with E-state index in [4.69, 9.17) is 5.21 Å². The minimum atomic E-state index is -0.425. The van der Waals surface area contributed by atoms with Crippen LogP contribution < -0.4 is 5.48 Å². The van der Waals surface area contributed by atoms with E-state index in [9.17, 15) is 4.79 Å². The quantitative estimate of drug-likeness (QED) is 0.370. The topological polar surface area (TPSA) is 49.3 Å². The lowest BCUT2D eigenvalue weighted by Gasteiger charge is -2.00. The van der Waals surface area contributed by atoms with E-state index in [0.29, 0.717) is 11.5 Å². The van der Waals surface area contributed by atoms with E-state index < -0.39 is 5.91 Å². The average molecular weight is 157 g/mol. The zero-order valence-corrected chi connectivity index (χ0v) is 7.22. The number of rotatable bonds is 3. The maximum absolute atomic E-state index is 10.7. The van der Waals surface area contributed by atoms with Gasteiger partial charge in [0.15, 0.2) is 0 Å². The van der Waals surface area contributed by atoms with Crippen molar-refractivity contribution in [3.05, 3.63) is 11.6 Å². The molecule has 0 aromatic carbocycles. The maximum Gasteiger partial charge on any atom is 0.269 e. The van der Waals surface area contributed by atoms with E-state index >= 15 is 0 Å². The van der Waals surface area contributed by atoms with Gasteiger partial charge in [0.1, 0.15) is 0 Å². The minimum Gasteiger partial charge on any atom is -0.288 e. The molecule has 0 saturated carbocycles. The second-order valence-electron chi connectivity index (χ2n) is 2.96. The van der Waals surface area contributed by atoms with Crippen LogP contribution in [0.4, 0.5) is 0 Å². The van der Waals surface area contributed by atoms with E-state index in [1.165, 1.54) is 0 Å². The highest BCUT2D eigenvalue weighted by atomic mass is 16.5. The summed E-state index contributed by atoms with van der Waals surface area (Å²) in [5.41, 5.74) is 2.14. The Hall–Kier alpha value is -0.830. The molecule has 0 aromatic rings. The van der Waals surface area contributed by atoms with Gasteiger partial charge in [-0.25, -0.2) is 5.48 Å². The van der Waals surface area contributed by atoms with E-state index in [2.05, 4.69) is 13.8 Å². The van der Waals surface area contributed by atoms with Gasteiger partial charge in [0.2, 0.25) is 0 Å². The van der Waals surface area contributed by atoms with E-state index in [1.54, 1.807) is 12.4 Å². The van der Waals surface area contributed by atoms with Gasteiger partial charge in [0.05, 0.1) is 0 Å². The summed E-state index contributed by atoms with van der Waals surface area (Å²) in [6, 6.07) is 0. The van der Waals surface area contributed by atoms with Crippen LogP contribution in [0.5, 0.6) is 0 Å². The zero-order valence-electron chi connectivity index (χ0n) is 7.22. The molecule has 0 radical (unpaired) electrons. The van der Waals surface area contributed by atoms with Crippen molar-refractivity contribution in [2.75, 3.05) is 0 Å². The van der Waals surface area contributed by atoms with Crippen LogP contribution in [0.15, 0.2) is 11.6 Å². The molecule has 64 valence electrons. The lowest BCUT2D eigenvalue weighted by atomic mass is 10.1. The molecule has 3 nitrogen and oxygen atoms in total. The normalized spacial score (nSPS) is 11.9. The van der Waals surface area contributed by atoms with Crippen LogP contribution in [0, 0.1) is 5.92 Å². The SMILES string of the molecule is CC(=CCC(C)C)C(=O)NO. The molecule has 3 heteroatoms. The fourth-order valence-electron chi connectivity index (χ4n) is 0.593. The molecule has 0 atom stereocenters. The van der Waals surface area contributed by atoms with Crippen LogP contribution in [-0.4, -0.2) is 11.1 Å². The number of hydrogen-bond acceptors (Lipinski definition) is 2. The van der Waals surface area contributed by atoms with Gasteiger partial charge in [-0.05, 0) is 19.3 Å². The first-order valence-electron chi connectivity index (χ1n) is 3.69. The molecule has 0 spiro atoms. The Morgan fingerprint density at radius 2 is 2.18 bits per heavy atom. The smallest absolute Gasteiger partial charge is 0.269 e. The number of carbonyl (C=O) groups excluding carboxylic acids is 1. The summed E-state index contributed by atoms with van der Waals surface area (Å²) in [6.45, 7) is 5.81. The second-order valence-corrected chi connectivity index (χ2v) is 2.96. The summed E-state index contributed by atoms with van der Waals surface area (Å²) in [6.07, 6.45) is 2.68. The Morgan fingerprint density at radius 3 is 2.55 bits per heavy atom. The Bertz CT molecular complexity index is 161. The predicted octanol–water partition coefficient (Wildman–Crippen LogP) is 1.48. The third kappa shape index (κ3) is 4.56. The van der Waals surface area contributed by atoms with Gasteiger partial charge in [0.25, 0.3) is 5.91 Å². The van der Waals surface area contributed by atoms with Crippen molar-refractivity contribution in [1.29, 1.82) is 0 Å². The molecule has 0 rings (SSSR count). The number of carbonyl (C=O) groups is 1. The van der Waals surface area contributed by atoms with Crippen LogP contribution in [0.25, 0.3) is 0 Å². The van der Waals surface area contributed by atoms with Crippen molar-refractivity contribution in [2.45, 2.75) is 27.2 Å². The molecule has 1 amide bonds. The summed E-state index contributed by atoms with van der Waals surface area (Å²) in [5.74, 6) is 0.113. The number of hydrogen-bond donors (Lipinski definition) is 2. The molecule has 0 aliphatic rings. The molecule has 0 heterocycles. The summed E-state index contributed by atoms with van der Waals surface area (Å²) in [4.78, 5) is 10.7. The predicted molar refractivity (Wildman–Crippen MR) is 43.1 cm³/mol. The van der Waals surface area contributed by atoms with Gasteiger partial charge in [0, 0.05) is 5.57 Å². The molecule has 0 fully saturated rings. The summed E-state index contributed by atoms with van der Waals surface area (Å²) < 4.78 is 0. The molecule has 0 aliphatic heterocycles. The summed E-state index contributed by atoms with van der Waals surface area (Å²) in [5, 5.41) is 8.23. The lowest BCUT2D eigenvalue weighted by Crippen LogP contribution is -2.19. The molecule has 0 aromatic heterocycles.